The molecule has 1 aromatic carbocycles. The highest BCUT2D eigenvalue weighted by molar-refractivity contribution is 7.07. The summed E-state index contributed by atoms with van der Waals surface area (Å²) < 4.78 is 5.94. The van der Waals surface area contributed by atoms with Gasteiger partial charge in [-0.15, -0.1) is 11.3 Å². The van der Waals surface area contributed by atoms with Crippen LogP contribution in [0.25, 0.3) is 0 Å². The second-order valence-electron chi connectivity index (χ2n) is 5.85. The molecule has 1 atom stereocenters. The Morgan fingerprint density at radius 3 is 2.95 bits per heavy atom. The summed E-state index contributed by atoms with van der Waals surface area (Å²) in [5.41, 5.74) is 4.38. The van der Waals surface area contributed by atoms with Gasteiger partial charge in [0.05, 0.1) is 17.8 Å². The maximum atomic E-state index is 5.94. The molecule has 0 unspecified atom stereocenters. The SMILES string of the molecule is Cc1ccc(OC[C@H]2CCCN(Cc3cscn3)C2)cc1. The Kier molecular flexibility index (Phi) is 4.88. The van der Waals surface area contributed by atoms with Gasteiger partial charge < -0.3 is 4.74 Å². The van der Waals surface area contributed by atoms with Gasteiger partial charge in [0.1, 0.15) is 5.75 Å². The molecule has 0 amide bonds. The van der Waals surface area contributed by atoms with Crippen LogP contribution in [0.1, 0.15) is 24.1 Å². The predicted octanol–water partition coefficient (Wildman–Crippen LogP) is 3.74. The van der Waals surface area contributed by atoms with Crippen molar-refractivity contribution in [1.82, 2.24) is 9.88 Å². The van der Waals surface area contributed by atoms with Gasteiger partial charge in [0.15, 0.2) is 0 Å². The largest absolute Gasteiger partial charge is 0.493 e. The molecule has 2 aromatic rings. The van der Waals surface area contributed by atoms with Crippen LogP contribution in [0.4, 0.5) is 0 Å². The van der Waals surface area contributed by atoms with Crippen LogP contribution >= 0.6 is 11.3 Å². The summed E-state index contributed by atoms with van der Waals surface area (Å²) in [5, 5.41) is 2.15. The van der Waals surface area contributed by atoms with Crippen molar-refractivity contribution in [1.29, 1.82) is 0 Å². The molecule has 0 saturated carbocycles. The van der Waals surface area contributed by atoms with E-state index in [0.29, 0.717) is 5.92 Å². The first-order valence-electron chi connectivity index (χ1n) is 7.58. The topological polar surface area (TPSA) is 25.4 Å². The van der Waals surface area contributed by atoms with Crippen molar-refractivity contribution in [3.8, 4) is 5.75 Å². The van der Waals surface area contributed by atoms with Crippen LogP contribution in [0.15, 0.2) is 35.2 Å². The molecule has 1 fully saturated rings. The molecule has 3 nitrogen and oxygen atoms in total. The van der Waals surface area contributed by atoms with E-state index in [9.17, 15) is 0 Å². The molecule has 0 bridgehead atoms. The van der Waals surface area contributed by atoms with E-state index in [1.54, 1.807) is 11.3 Å². The van der Waals surface area contributed by atoms with Crippen LogP contribution in [0, 0.1) is 12.8 Å². The Hall–Kier alpha value is -1.39. The maximum absolute atomic E-state index is 5.94. The van der Waals surface area contributed by atoms with Crippen molar-refractivity contribution < 1.29 is 4.74 Å². The lowest BCUT2D eigenvalue weighted by Gasteiger charge is -2.32. The fraction of sp³-hybridized carbons (Fsp3) is 0.471. The minimum atomic E-state index is 0.624. The lowest BCUT2D eigenvalue weighted by molar-refractivity contribution is 0.124. The lowest BCUT2D eigenvalue weighted by Crippen LogP contribution is -2.37. The Balaban J connectivity index is 1.48. The van der Waals surface area contributed by atoms with Crippen LogP contribution in [-0.4, -0.2) is 29.6 Å². The number of nitrogens with zero attached hydrogens (tertiary/aromatic N) is 2. The van der Waals surface area contributed by atoms with Crippen LogP contribution in [0.3, 0.4) is 0 Å². The standard InChI is InChI=1S/C17H22N2OS/c1-14-4-6-17(7-5-14)20-11-15-3-2-8-19(9-15)10-16-12-21-13-18-16/h4-7,12-13,15H,2-3,8-11H2,1H3/t15-/m0/s1. The van der Waals surface area contributed by atoms with Crippen molar-refractivity contribution in [2.45, 2.75) is 26.3 Å². The van der Waals surface area contributed by atoms with Gasteiger partial charge in [-0.05, 0) is 38.4 Å². The summed E-state index contributed by atoms with van der Waals surface area (Å²) in [6.45, 7) is 6.18. The highest BCUT2D eigenvalue weighted by Gasteiger charge is 2.20. The second-order valence-corrected chi connectivity index (χ2v) is 6.57. The smallest absolute Gasteiger partial charge is 0.119 e. The summed E-state index contributed by atoms with van der Waals surface area (Å²) >= 11 is 1.68. The first kappa shape index (κ1) is 14.5. The van der Waals surface area contributed by atoms with E-state index in [-0.39, 0.29) is 0 Å². The molecular formula is C17H22N2OS. The highest BCUT2D eigenvalue weighted by atomic mass is 32.1. The van der Waals surface area contributed by atoms with Crippen LogP contribution < -0.4 is 4.74 Å². The molecule has 1 aliphatic heterocycles. The molecular weight excluding hydrogens is 280 g/mol. The van der Waals surface area contributed by atoms with Gasteiger partial charge in [-0.3, -0.25) is 4.90 Å². The maximum Gasteiger partial charge on any atom is 0.119 e. The van der Waals surface area contributed by atoms with E-state index in [1.165, 1.54) is 30.6 Å². The Morgan fingerprint density at radius 1 is 1.33 bits per heavy atom. The predicted molar refractivity (Wildman–Crippen MR) is 86.8 cm³/mol. The van der Waals surface area contributed by atoms with Crippen molar-refractivity contribution in [2.75, 3.05) is 19.7 Å². The van der Waals surface area contributed by atoms with Crippen molar-refractivity contribution in [2.24, 2.45) is 5.92 Å². The van der Waals surface area contributed by atoms with Crippen molar-refractivity contribution >= 4 is 11.3 Å². The summed E-state index contributed by atoms with van der Waals surface area (Å²) in [7, 11) is 0. The molecule has 0 radical (unpaired) electrons. The first-order chi connectivity index (χ1) is 10.3. The summed E-state index contributed by atoms with van der Waals surface area (Å²) in [4.78, 5) is 6.88. The van der Waals surface area contributed by atoms with Gasteiger partial charge in [-0.2, -0.15) is 0 Å². The zero-order valence-electron chi connectivity index (χ0n) is 12.5. The number of benzene rings is 1. The van der Waals surface area contributed by atoms with Gasteiger partial charge in [0.25, 0.3) is 0 Å². The third-order valence-electron chi connectivity index (χ3n) is 3.98. The van der Waals surface area contributed by atoms with Crippen LogP contribution in [0.2, 0.25) is 0 Å². The van der Waals surface area contributed by atoms with E-state index < -0.39 is 0 Å². The Labute approximate surface area is 130 Å². The normalized spacial score (nSPS) is 19.6. The van der Waals surface area contributed by atoms with E-state index in [4.69, 9.17) is 4.74 Å². The second kappa shape index (κ2) is 7.05. The van der Waals surface area contributed by atoms with Gasteiger partial charge in [-0.25, -0.2) is 4.98 Å². The number of aryl methyl sites for hydroxylation is 1. The Bertz CT molecular complexity index is 538. The Morgan fingerprint density at radius 2 is 2.19 bits per heavy atom. The first-order valence-corrected chi connectivity index (χ1v) is 8.53. The quantitative estimate of drug-likeness (QED) is 0.841. The van der Waals surface area contributed by atoms with Gasteiger partial charge in [0.2, 0.25) is 0 Å². The van der Waals surface area contributed by atoms with E-state index in [2.05, 4.69) is 46.5 Å². The molecule has 112 valence electrons. The number of rotatable bonds is 5. The lowest BCUT2D eigenvalue weighted by atomic mass is 9.99. The van der Waals surface area contributed by atoms with Crippen LogP contribution in [0.5, 0.6) is 5.75 Å². The molecule has 1 saturated heterocycles. The van der Waals surface area contributed by atoms with Crippen LogP contribution in [-0.2, 0) is 6.54 Å². The average Bonchev–Trinajstić information content (AvgIpc) is 3.00. The summed E-state index contributed by atoms with van der Waals surface area (Å²) in [6, 6.07) is 8.33. The van der Waals surface area contributed by atoms with E-state index in [1.807, 2.05) is 5.51 Å². The van der Waals surface area contributed by atoms with Crippen molar-refractivity contribution in [3.05, 3.63) is 46.4 Å². The zero-order valence-corrected chi connectivity index (χ0v) is 13.3. The number of hydrogen-bond acceptors (Lipinski definition) is 4. The zero-order chi connectivity index (χ0) is 14.5. The number of aromatic nitrogens is 1. The number of thiazole rings is 1. The third kappa shape index (κ3) is 4.29. The minimum absolute atomic E-state index is 0.624. The molecule has 2 heterocycles. The number of likely N-dealkylation sites (tertiary alicyclic amines) is 1. The molecule has 0 spiro atoms. The number of hydrogen-bond donors (Lipinski definition) is 0. The highest BCUT2D eigenvalue weighted by Crippen LogP contribution is 2.20. The fourth-order valence-corrected chi connectivity index (χ4v) is 3.37. The third-order valence-corrected chi connectivity index (χ3v) is 4.61. The summed E-state index contributed by atoms with van der Waals surface area (Å²) in [6.07, 6.45) is 2.52. The summed E-state index contributed by atoms with van der Waals surface area (Å²) in [5.74, 6) is 1.61. The fourth-order valence-electron chi connectivity index (χ4n) is 2.82. The number of piperidine rings is 1. The number of ether oxygens (including phenoxy) is 1. The average molecular weight is 302 g/mol. The van der Waals surface area contributed by atoms with E-state index in [0.717, 1.165) is 25.4 Å². The molecule has 1 aliphatic rings. The van der Waals surface area contributed by atoms with Crippen molar-refractivity contribution in [3.63, 3.8) is 0 Å². The molecule has 0 aliphatic carbocycles. The molecule has 21 heavy (non-hydrogen) atoms. The van der Waals surface area contributed by atoms with Gasteiger partial charge in [0, 0.05) is 24.4 Å². The monoisotopic (exact) mass is 302 g/mol. The molecule has 0 N–H and O–H groups in total. The molecule has 1 aromatic heterocycles. The molecule has 3 rings (SSSR count). The minimum Gasteiger partial charge on any atom is -0.493 e. The van der Waals surface area contributed by atoms with Gasteiger partial charge in [-0.1, -0.05) is 17.7 Å². The van der Waals surface area contributed by atoms with Gasteiger partial charge >= 0.3 is 0 Å². The van der Waals surface area contributed by atoms with E-state index >= 15 is 0 Å². The molecule has 4 heteroatoms.